The van der Waals surface area contributed by atoms with Crippen molar-refractivity contribution >= 4 is 17.2 Å². The first-order chi connectivity index (χ1) is 10.7. The highest BCUT2D eigenvalue weighted by atomic mass is 32.1. The minimum atomic E-state index is 0.146. The molecule has 22 heavy (non-hydrogen) atoms. The lowest BCUT2D eigenvalue weighted by Gasteiger charge is -2.31. The number of hydrogen-bond acceptors (Lipinski definition) is 5. The largest absolute Gasteiger partial charge is 0.373 e. The molecule has 0 aliphatic carbocycles. The highest BCUT2D eigenvalue weighted by molar-refractivity contribution is 7.09. The topological polar surface area (TPSA) is 45.7 Å². The smallest absolute Gasteiger partial charge is 0.225 e. The zero-order valence-electron chi connectivity index (χ0n) is 13.0. The van der Waals surface area contributed by atoms with Gasteiger partial charge in [0, 0.05) is 43.2 Å². The molecule has 3 aliphatic rings. The molecule has 3 atom stereocenters. The Kier molecular flexibility index (Phi) is 3.92. The van der Waals surface area contributed by atoms with Gasteiger partial charge in [0.25, 0.3) is 0 Å². The molecule has 3 fully saturated rings. The summed E-state index contributed by atoms with van der Waals surface area (Å²) in [6.07, 6.45) is 3.24. The second-order valence-electron chi connectivity index (χ2n) is 6.81. The first-order valence-electron chi connectivity index (χ1n) is 8.24. The number of carbonyl (C=O) groups excluding carboxylic acids is 1. The van der Waals surface area contributed by atoms with Gasteiger partial charge in [-0.3, -0.25) is 9.69 Å². The van der Waals surface area contributed by atoms with Gasteiger partial charge in [-0.1, -0.05) is 0 Å². The van der Waals surface area contributed by atoms with Crippen LogP contribution in [0.1, 0.15) is 30.0 Å². The molecular weight excluding hydrogens is 298 g/mol. The number of nitrogens with zero attached hydrogens (tertiary/aromatic N) is 3. The van der Waals surface area contributed by atoms with Gasteiger partial charge < -0.3 is 9.64 Å². The molecule has 0 radical (unpaired) electrons. The Labute approximate surface area is 135 Å². The van der Waals surface area contributed by atoms with Crippen molar-refractivity contribution in [1.29, 1.82) is 0 Å². The summed E-state index contributed by atoms with van der Waals surface area (Å²) in [4.78, 5) is 21.0. The fourth-order valence-corrected chi connectivity index (χ4v) is 4.58. The molecule has 0 bridgehead atoms. The van der Waals surface area contributed by atoms with Crippen molar-refractivity contribution in [3.05, 3.63) is 16.1 Å². The van der Waals surface area contributed by atoms with Gasteiger partial charge in [0.05, 0.1) is 25.2 Å². The summed E-state index contributed by atoms with van der Waals surface area (Å²) in [5, 5.41) is 3.31. The fraction of sp³-hybridized carbons (Fsp3) is 0.750. The Balaban J connectivity index is 1.26. The summed E-state index contributed by atoms with van der Waals surface area (Å²) >= 11 is 1.74. The molecule has 1 amide bonds. The lowest BCUT2D eigenvalue weighted by molar-refractivity contribution is -0.137. The summed E-state index contributed by atoms with van der Waals surface area (Å²) < 4.78 is 6.14. The number of likely N-dealkylation sites (tertiary alicyclic amines) is 2. The number of hydrogen-bond donors (Lipinski definition) is 0. The monoisotopic (exact) mass is 321 g/mol. The second kappa shape index (κ2) is 5.91. The van der Waals surface area contributed by atoms with Crippen LogP contribution >= 0.6 is 11.3 Å². The van der Waals surface area contributed by atoms with Gasteiger partial charge in [-0.2, -0.15) is 0 Å². The van der Waals surface area contributed by atoms with Crippen molar-refractivity contribution < 1.29 is 9.53 Å². The van der Waals surface area contributed by atoms with E-state index >= 15 is 0 Å². The van der Waals surface area contributed by atoms with Gasteiger partial charge in [0.15, 0.2) is 0 Å². The SMILES string of the molecule is Cc1csc(CN2C[C@H]3C[C@@H](CC(=O)N4CCC4)O[C@H]3C2)n1. The Morgan fingerprint density at radius 3 is 2.95 bits per heavy atom. The molecule has 0 saturated carbocycles. The Morgan fingerprint density at radius 1 is 1.45 bits per heavy atom. The van der Waals surface area contributed by atoms with Crippen LogP contribution in [0, 0.1) is 12.8 Å². The lowest BCUT2D eigenvalue weighted by Crippen LogP contribution is -2.43. The molecule has 0 unspecified atom stereocenters. The molecule has 1 aromatic rings. The van der Waals surface area contributed by atoms with Crippen LogP contribution in [-0.2, 0) is 16.1 Å². The van der Waals surface area contributed by atoms with Crippen LogP contribution in [0.15, 0.2) is 5.38 Å². The maximum Gasteiger partial charge on any atom is 0.225 e. The molecule has 1 aromatic heterocycles. The molecule has 0 aromatic carbocycles. The first-order valence-corrected chi connectivity index (χ1v) is 9.12. The predicted octanol–water partition coefficient (Wildman–Crippen LogP) is 1.66. The average Bonchev–Trinajstić information content (AvgIpc) is 3.02. The molecule has 120 valence electrons. The third-order valence-electron chi connectivity index (χ3n) is 5.03. The highest BCUT2D eigenvalue weighted by Gasteiger charge is 2.42. The normalized spacial score (nSPS) is 31.3. The van der Waals surface area contributed by atoms with E-state index in [1.165, 1.54) is 5.01 Å². The number of aryl methyl sites for hydroxylation is 1. The number of thiazole rings is 1. The number of rotatable bonds is 4. The summed E-state index contributed by atoms with van der Waals surface area (Å²) in [7, 11) is 0. The molecule has 6 heteroatoms. The van der Waals surface area contributed by atoms with Crippen LogP contribution < -0.4 is 0 Å². The van der Waals surface area contributed by atoms with E-state index in [2.05, 4.69) is 15.3 Å². The van der Waals surface area contributed by atoms with Crippen molar-refractivity contribution in [2.45, 2.75) is 44.9 Å². The third-order valence-corrected chi connectivity index (χ3v) is 5.98. The van der Waals surface area contributed by atoms with Crippen LogP contribution in [-0.4, -0.2) is 59.1 Å². The van der Waals surface area contributed by atoms with Crippen molar-refractivity contribution in [3.8, 4) is 0 Å². The van der Waals surface area contributed by atoms with Crippen molar-refractivity contribution in [2.24, 2.45) is 5.92 Å². The van der Waals surface area contributed by atoms with Gasteiger partial charge in [0.2, 0.25) is 5.91 Å². The zero-order chi connectivity index (χ0) is 15.1. The number of fused-ring (bicyclic) bond motifs is 1. The quantitative estimate of drug-likeness (QED) is 0.846. The lowest BCUT2D eigenvalue weighted by atomic mass is 10.0. The molecule has 0 N–H and O–H groups in total. The number of carbonyl (C=O) groups is 1. The molecule has 3 aliphatic heterocycles. The standard InChI is InChI=1S/C16H23N3O2S/c1-11-10-22-15(17-11)9-18-7-12-5-13(21-14(12)8-18)6-16(20)19-3-2-4-19/h10,12-14H,2-9H2,1H3/t12-,13+,14+/m1/s1. The van der Waals surface area contributed by atoms with Gasteiger partial charge in [-0.15, -0.1) is 11.3 Å². The van der Waals surface area contributed by atoms with Crippen molar-refractivity contribution in [2.75, 3.05) is 26.2 Å². The van der Waals surface area contributed by atoms with E-state index in [9.17, 15) is 4.79 Å². The van der Waals surface area contributed by atoms with Gasteiger partial charge in [0.1, 0.15) is 5.01 Å². The Morgan fingerprint density at radius 2 is 2.32 bits per heavy atom. The number of amides is 1. The van der Waals surface area contributed by atoms with Crippen molar-refractivity contribution in [1.82, 2.24) is 14.8 Å². The zero-order valence-corrected chi connectivity index (χ0v) is 13.8. The molecular formula is C16H23N3O2S. The molecule has 4 heterocycles. The van der Waals surface area contributed by atoms with Crippen LogP contribution in [0.2, 0.25) is 0 Å². The third kappa shape index (κ3) is 2.92. The molecule has 3 saturated heterocycles. The Bertz CT molecular complexity index is 543. The molecule has 4 rings (SSSR count). The number of aromatic nitrogens is 1. The average molecular weight is 321 g/mol. The molecule has 0 spiro atoms. The van der Waals surface area contributed by atoms with E-state index in [4.69, 9.17) is 4.74 Å². The summed E-state index contributed by atoms with van der Waals surface area (Å²) in [5.41, 5.74) is 1.11. The van der Waals surface area contributed by atoms with E-state index in [0.29, 0.717) is 18.4 Å². The fourth-order valence-electron chi connectivity index (χ4n) is 3.76. The van der Waals surface area contributed by atoms with Crippen LogP contribution in [0.3, 0.4) is 0 Å². The van der Waals surface area contributed by atoms with E-state index in [1.807, 2.05) is 11.8 Å². The van der Waals surface area contributed by atoms with Gasteiger partial charge in [-0.25, -0.2) is 4.98 Å². The minimum Gasteiger partial charge on any atom is -0.373 e. The van der Waals surface area contributed by atoms with Crippen LogP contribution in [0.5, 0.6) is 0 Å². The maximum absolute atomic E-state index is 12.0. The summed E-state index contributed by atoms with van der Waals surface area (Å²) in [5.74, 6) is 0.876. The Hall–Kier alpha value is -0.980. The van der Waals surface area contributed by atoms with E-state index in [0.717, 1.165) is 51.3 Å². The molecule has 5 nitrogen and oxygen atoms in total. The van der Waals surface area contributed by atoms with Crippen LogP contribution in [0.4, 0.5) is 0 Å². The summed E-state index contributed by atoms with van der Waals surface area (Å²) in [6, 6.07) is 0. The highest BCUT2D eigenvalue weighted by Crippen LogP contribution is 2.35. The summed E-state index contributed by atoms with van der Waals surface area (Å²) in [6.45, 7) is 6.93. The van der Waals surface area contributed by atoms with Gasteiger partial charge >= 0.3 is 0 Å². The number of ether oxygens (including phenoxy) is 1. The second-order valence-corrected chi connectivity index (χ2v) is 7.75. The predicted molar refractivity (Wildman–Crippen MR) is 84.7 cm³/mol. The maximum atomic E-state index is 12.0. The van der Waals surface area contributed by atoms with E-state index in [1.54, 1.807) is 11.3 Å². The van der Waals surface area contributed by atoms with E-state index < -0.39 is 0 Å². The first kappa shape index (κ1) is 14.6. The minimum absolute atomic E-state index is 0.146. The van der Waals surface area contributed by atoms with Gasteiger partial charge in [-0.05, 0) is 19.8 Å². The van der Waals surface area contributed by atoms with E-state index in [-0.39, 0.29) is 12.0 Å². The van der Waals surface area contributed by atoms with Crippen LogP contribution in [0.25, 0.3) is 0 Å². The van der Waals surface area contributed by atoms with Crippen molar-refractivity contribution in [3.63, 3.8) is 0 Å².